The van der Waals surface area contributed by atoms with Crippen LogP contribution in [0.4, 0.5) is 0 Å². The summed E-state index contributed by atoms with van der Waals surface area (Å²) in [6.45, 7) is 0. The molecule has 0 unspecified atom stereocenters. The molecule has 4 heteroatoms. The minimum atomic E-state index is 0.643. The predicted octanol–water partition coefficient (Wildman–Crippen LogP) is 1.80. The average molecular weight is 342 g/mol. The summed E-state index contributed by atoms with van der Waals surface area (Å²) in [7, 11) is 3.28. The summed E-state index contributed by atoms with van der Waals surface area (Å²) >= 11 is 0. The van der Waals surface area contributed by atoms with Crippen LogP contribution in [0.15, 0.2) is 70.6 Å². The van der Waals surface area contributed by atoms with E-state index in [-0.39, 0.29) is 0 Å². The second-order valence-corrected chi connectivity index (χ2v) is 5.86. The van der Waals surface area contributed by atoms with Gasteiger partial charge in [-0.1, -0.05) is 48.5 Å². The van der Waals surface area contributed by atoms with Crippen molar-refractivity contribution in [1.82, 2.24) is 0 Å². The third kappa shape index (κ3) is 2.75. The normalized spacial score (nSPS) is 17.2. The van der Waals surface area contributed by atoms with Gasteiger partial charge in [0.15, 0.2) is 11.5 Å². The van der Waals surface area contributed by atoms with Gasteiger partial charge in [0, 0.05) is 34.5 Å². The molecule has 3 aromatic carbocycles. The molecule has 0 aliphatic carbocycles. The van der Waals surface area contributed by atoms with Gasteiger partial charge in [0.2, 0.25) is 0 Å². The first-order valence-corrected chi connectivity index (χ1v) is 8.33. The predicted molar refractivity (Wildman–Crippen MR) is 102 cm³/mol. The molecule has 0 saturated heterocycles. The van der Waals surface area contributed by atoms with Crippen LogP contribution < -0.4 is 30.6 Å². The Morgan fingerprint density at radius 3 is 2.23 bits per heavy atom. The zero-order valence-corrected chi connectivity index (χ0v) is 14.6. The Hall–Kier alpha value is -3.40. The lowest BCUT2D eigenvalue weighted by atomic mass is 10.0. The van der Waals surface area contributed by atoms with Gasteiger partial charge in [0.25, 0.3) is 0 Å². The summed E-state index contributed by atoms with van der Waals surface area (Å²) in [5, 5.41) is 3.56. The van der Waals surface area contributed by atoms with E-state index in [9.17, 15) is 0 Å². The lowest BCUT2D eigenvalue weighted by Gasteiger charge is -2.14. The van der Waals surface area contributed by atoms with Crippen molar-refractivity contribution in [3.05, 3.63) is 81.8 Å². The van der Waals surface area contributed by atoms with Crippen LogP contribution >= 0.6 is 0 Å². The monoisotopic (exact) mass is 342 g/mol. The van der Waals surface area contributed by atoms with Crippen molar-refractivity contribution in [1.29, 1.82) is 0 Å². The standard InChI is InChI=1S/C22H18N2O2/c1-25-20-12-19-17(14-24-18-11-7-6-10-16(18)13-23-19)21(22(20)26-2)15-8-4-3-5-9-15/h3-14H,1-2H3/b16-13-,17-14+,23-13?,23-19-,24-14?,24-18-. The fourth-order valence-corrected chi connectivity index (χ4v) is 3.11. The molecule has 128 valence electrons. The maximum absolute atomic E-state index is 5.69. The quantitative estimate of drug-likeness (QED) is 0.728. The molecule has 0 aromatic heterocycles. The first kappa shape index (κ1) is 16.1. The van der Waals surface area contributed by atoms with Gasteiger partial charge in [-0.3, -0.25) is 9.98 Å². The zero-order chi connectivity index (χ0) is 17.9. The molecule has 1 aliphatic rings. The van der Waals surface area contributed by atoms with E-state index in [1.54, 1.807) is 14.2 Å². The maximum atomic E-state index is 5.69. The largest absolute Gasteiger partial charge is 0.493 e. The van der Waals surface area contributed by atoms with Gasteiger partial charge in [-0.25, -0.2) is 0 Å². The highest BCUT2D eigenvalue weighted by atomic mass is 16.5. The molecule has 0 N–H and O–H groups in total. The van der Waals surface area contributed by atoms with E-state index in [2.05, 4.69) is 0 Å². The number of methoxy groups -OCH3 is 2. The van der Waals surface area contributed by atoms with Crippen molar-refractivity contribution in [3.8, 4) is 22.6 Å². The average Bonchev–Trinajstić information content (AvgIpc) is 2.69. The number of hydrogen-bond acceptors (Lipinski definition) is 4. The van der Waals surface area contributed by atoms with Gasteiger partial charge < -0.3 is 9.47 Å². The fraction of sp³-hybridized carbons (Fsp3) is 0.0909. The molecule has 1 aliphatic heterocycles. The molecule has 1 heterocycles. The lowest BCUT2D eigenvalue weighted by molar-refractivity contribution is 0.355. The van der Waals surface area contributed by atoms with Crippen LogP contribution in [0.2, 0.25) is 0 Å². The number of hydrogen-bond donors (Lipinski definition) is 0. The van der Waals surface area contributed by atoms with Crippen molar-refractivity contribution in [3.63, 3.8) is 0 Å². The summed E-state index contributed by atoms with van der Waals surface area (Å²) in [5.74, 6) is 1.32. The van der Waals surface area contributed by atoms with Crippen LogP contribution in [0.1, 0.15) is 0 Å². The molecule has 0 amide bonds. The van der Waals surface area contributed by atoms with Crippen LogP contribution in [0.25, 0.3) is 23.5 Å². The van der Waals surface area contributed by atoms with Crippen LogP contribution in [0.5, 0.6) is 11.5 Å². The Balaban J connectivity index is 2.16. The van der Waals surface area contributed by atoms with Crippen LogP contribution in [-0.4, -0.2) is 14.2 Å². The highest BCUT2D eigenvalue weighted by molar-refractivity contribution is 5.75. The number of ether oxygens (including phenoxy) is 2. The Kier molecular flexibility index (Phi) is 4.23. The molecule has 0 saturated carbocycles. The molecule has 0 bridgehead atoms. The van der Waals surface area contributed by atoms with Gasteiger partial charge in [-0.2, -0.15) is 0 Å². The van der Waals surface area contributed by atoms with E-state index >= 15 is 0 Å². The van der Waals surface area contributed by atoms with E-state index in [1.165, 1.54) is 0 Å². The number of para-hydroxylation sites is 1. The van der Waals surface area contributed by atoms with Crippen LogP contribution in [-0.2, 0) is 0 Å². The van der Waals surface area contributed by atoms with Gasteiger partial charge >= 0.3 is 0 Å². The van der Waals surface area contributed by atoms with Crippen molar-refractivity contribution in [2.75, 3.05) is 14.2 Å². The minimum absolute atomic E-state index is 0.643. The highest BCUT2D eigenvalue weighted by Gasteiger charge is 2.15. The van der Waals surface area contributed by atoms with Crippen molar-refractivity contribution < 1.29 is 9.47 Å². The Labute approximate surface area is 151 Å². The Morgan fingerprint density at radius 2 is 1.46 bits per heavy atom. The topological polar surface area (TPSA) is 43.2 Å². The summed E-state index contributed by atoms with van der Waals surface area (Å²) in [6, 6.07) is 19.9. The third-order valence-corrected chi connectivity index (χ3v) is 4.36. The smallest absolute Gasteiger partial charge is 0.169 e. The van der Waals surface area contributed by atoms with E-state index in [1.807, 2.05) is 73.1 Å². The summed E-state index contributed by atoms with van der Waals surface area (Å²) in [6.07, 6.45) is 3.69. The first-order valence-electron chi connectivity index (χ1n) is 8.33. The Bertz CT molecular complexity index is 1200. The number of nitrogens with zero attached hydrogens (tertiary/aromatic N) is 2. The summed E-state index contributed by atoms with van der Waals surface area (Å²) in [5.41, 5.74) is 1.94. The van der Waals surface area contributed by atoms with Crippen molar-refractivity contribution >= 4 is 12.4 Å². The van der Waals surface area contributed by atoms with Gasteiger partial charge in [-0.15, -0.1) is 0 Å². The van der Waals surface area contributed by atoms with E-state index in [0.29, 0.717) is 11.5 Å². The zero-order valence-electron chi connectivity index (χ0n) is 14.6. The van der Waals surface area contributed by atoms with Crippen molar-refractivity contribution in [2.45, 2.75) is 0 Å². The van der Waals surface area contributed by atoms with Gasteiger partial charge in [-0.05, 0) is 11.6 Å². The van der Waals surface area contributed by atoms with Crippen LogP contribution in [0, 0.1) is 0 Å². The minimum Gasteiger partial charge on any atom is -0.493 e. The van der Waals surface area contributed by atoms with E-state index in [0.717, 1.165) is 32.3 Å². The molecular formula is C22H18N2O2. The molecule has 0 radical (unpaired) electrons. The molecule has 0 fully saturated rings. The molecule has 0 spiro atoms. The van der Waals surface area contributed by atoms with E-state index < -0.39 is 0 Å². The highest BCUT2D eigenvalue weighted by Crippen LogP contribution is 2.34. The molecule has 26 heavy (non-hydrogen) atoms. The molecule has 4 rings (SSSR count). The molecule has 4 nitrogen and oxygen atoms in total. The maximum Gasteiger partial charge on any atom is 0.169 e. The fourth-order valence-electron chi connectivity index (χ4n) is 3.11. The molecule has 3 aromatic rings. The molecule has 0 atom stereocenters. The second kappa shape index (κ2) is 6.84. The lowest BCUT2D eigenvalue weighted by Crippen LogP contribution is -2.31. The Morgan fingerprint density at radius 1 is 0.731 bits per heavy atom. The first-order chi connectivity index (χ1) is 12.8. The second-order valence-electron chi connectivity index (χ2n) is 5.86. The van der Waals surface area contributed by atoms with Gasteiger partial charge in [0.05, 0.1) is 24.9 Å². The number of rotatable bonds is 3. The van der Waals surface area contributed by atoms with Crippen molar-refractivity contribution in [2.24, 2.45) is 9.98 Å². The summed E-state index contributed by atoms with van der Waals surface area (Å²) < 4.78 is 11.3. The van der Waals surface area contributed by atoms with E-state index in [4.69, 9.17) is 19.5 Å². The molecular weight excluding hydrogens is 324 g/mol. The van der Waals surface area contributed by atoms with Crippen LogP contribution in [0.3, 0.4) is 0 Å². The number of benzene rings is 3. The third-order valence-electron chi connectivity index (χ3n) is 4.36. The SMILES string of the molecule is COc1cc2/c(c(-c3ccccc3)c1OC)=C\N=c1\cccc\c1=C\N=2. The van der Waals surface area contributed by atoms with Gasteiger partial charge in [0.1, 0.15) is 0 Å². The number of fused-ring (bicyclic) bond motifs is 2. The summed E-state index contributed by atoms with van der Waals surface area (Å²) in [4.78, 5) is 9.40.